The Morgan fingerprint density at radius 1 is 0.909 bits per heavy atom. The first-order valence-electron chi connectivity index (χ1n) is 13.7. The second kappa shape index (κ2) is 8.12. The standard InChI is InChI=1S/C29H44O4/c1-16-12-14-29(27(31)32)15-13-21-19-8-10-24-22(9-11-25(28(24,4)5)33-18(3)30)20(19)6-7-23(21)26(29)17(16)2/h16-17,19-20,22,24-26H,6-15H2,1-5H3,(H,31,32). The zero-order chi connectivity index (χ0) is 23.7. The first-order valence-corrected chi connectivity index (χ1v) is 13.7. The minimum absolute atomic E-state index is 0.0343. The Bertz CT molecular complexity index is 856. The zero-order valence-electron chi connectivity index (χ0n) is 21.4. The Morgan fingerprint density at radius 3 is 2.36 bits per heavy atom. The normalized spacial score (nSPS) is 46.3. The Balaban J connectivity index is 1.45. The van der Waals surface area contributed by atoms with E-state index in [4.69, 9.17) is 4.74 Å². The second-order valence-electron chi connectivity index (χ2n) is 13.0. The van der Waals surface area contributed by atoms with Crippen LogP contribution < -0.4 is 0 Å². The number of hydrogen-bond acceptors (Lipinski definition) is 3. The van der Waals surface area contributed by atoms with Crippen molar-refractivity contribution >= 4 is 11.9 Å². The molecule has 0 heterocycles. The van der Waals surface area contributed by atoms with Gasteiger partial charge in [0.05, 0.1) is 5.41 Å². The van der Waals surface area contributed by atoms with E-state index in [2.05, 4.69) is 27.7 Å². The van der Waals surface area contributed by atoms with Crippen LogP contribution in [0.3, 0.4) is 0 Å². The van der Waals surface area contributed by atoms with Crippen molar-refractivity contribution < 1.29 is 19.4 Å². The van der Waals surface area contributed by atoms with Gasteiger partial charge in [-0.15, -0.1) is 0 Å². The lowest BCUT2D eigenvalue weighted by Gasteiger charge is -2.59. The molecule has 0 aliphatic heterocycles. The molecule has 5 aliphatic carbocycles. The molecule has 0 amide bonds. The summed E-state index contributed by atoms with van der Waals surface area (Å²) in [6, 6.07) is 0. The van der Waals surface area contributed by atoms with Crippen LogP contribution in [0.5, 0.6) is 0 Å². The minimum atomic E-state index is -0.533. The van der Waals surface area contributed by atoms with Crippen LogP contribution in [-0.4, -0.2) is 23.1 Å². The highest BCUT2D eigenvalue weighted by Gasteiger charge is 2.59. The summed E-state index contributed by atoms with van der Waals surface area (Å²) < 4.78 is 5.79. The Kier molecular flexibility index (Phi) is 5.77. The van der Waals surface area contributed by atoms with Crippen LogP contribution in [0.1, 0.15) is 98.8 Å². The van der Waals surface area contributed by atoms with Gasteiger partial charge >= 0.3 is 11.9 Å². The largest absolute Gasteiger partial charge is 0.481 e. The lowest BCUT2D eigenvalue weighted by molar-refractivity contribution is -0.167. The lowest BCUT2D eigenvalue weighted by atomic mass is 9.46. The van der Waals surface area contributed by atoms with Crippen LogP contribution in [-0.2, 0) is 14.3 Å². The lowest BCUT2D eigenvalue weighted by Crippen LogP contribution is -2.54. The average molecular weight is 457 g/mol. The average Bonchev–Trinajstić information content (AvgIpc) is 2.76. The number of allylic oxidation sites excluding steroid dienone is 2. The Hall–Kier alpha value is -1.32. The first kappa shape index (κ1) is 23.4. The molecule has 0 spiro atoms. The number of carbonyl (C=O) groups excluding carboxylic acids is 1. The molecule has 9 atom stereocenters. The van der Waals surface area contributed by atoms with Crippen molar-refractivity contribution in [2.75, 3.05) is 0 Å². The van der Waals surface area contributed by atoms with Crippen molar-refractivity contribution in [2.24, 2.45) is 52.3 Å². The summed E-state index contributed by atoms with van der Waals surface area (Å²) in [6.45, 7) is 10.9. The number of ether oxygens (including phenoxy) is 1. The van der Waals surface area contributed by atoms with Crippen LogP contribution in [0.25, 0.3) is 0 Å². The molecule has 5 aliphatic rings. The van der Waals surface area contributed by atoms with Gasteiger partial charge in [-0.3, -0.25) is 9.59 Å². The van der Waals surface area contributed by atoms with Crippen molar-refractivity contribution in [1.82, 2.24) is 0 Å². The summed E-state index contributed by atoms with van der Waals surface area (Å²) in [5.41, 5.74) is 2.79. The van der Waals surface area contributed by atoms with E-state index in [1.807, 2.05) is 0 Å². The van der Waals surface area contributed by atoms with Gasteiger partial charge in [0.25, 0.3) is 0 Å². The molecule has 0 aromatic rings. The quantitative estimate of drug-likeness (QED) is 0.374. The number of aliphatic carboxylic acids is 1. The van der Waals surface area contributed by atoms with Crippen LogP contribution in [0.2, 0.25) is 0 Å². The molecule has 0 radical (unpaired) electrons. The predicted molar refractivity (Wildman–Crippen MR) is 128 cm³/mol. The van der Waals surface area contributed by atoms with E-state index in [0.29, 0.717) is 29.6 Å². The van der Waals surface area contributed by atoms with Gasteiger partial charge in [0.2, 0.25) is 0 Å². The second-order valence-corrected chi connectivity index (χ2v) is 13.0. The molecular weight excluding hydrogens is 412 g/mol. The number of esters is 1. The molecule has 9 unspecified atom stereocenters. The summed E-state index contributed by atoms with van der Waals surface area (Å²) in [4.78, 5) is 24.3. The number of fused-ring (bicyclic) bond motifs is 6. The molecule has 0 saturated heterocycles. The van der Waals surface area contributed by atoms with E-state index in [9.17, 15) is 14.7 Å². The van der Waals surface area contributed by atoms with Gasteiger partial charge in [-0.05, 0) is 106 Å². The molecule has 0 bridgehead atoms. The molecular formula is C29H44O4. The number of carbonyl (C=O) groups is 2. The van der Waals surface area contributed by atoms with Crippen LogP contribution in [0.15, 0.2) is 11.1 Å². The van der Waals surface area contributed by atoms with Gasteiger partial charge in [-0.25, -0.2) is 0 Å². The fourth-order valence-corrected chi connectivity index (χ4v) is 9.73. The van der Waals surface area contributed by atoms with Gasteiger partial charge in [0, 0.05) is 12.3 Å². The monoisotopic (exact) mass is 456 g/mol. The number of rotatable bonds is 2. The molecule has 4 nitrogen and oxygen atoms in total. The number of carboxylic acid groups (broad SMARTS) is 1. The number of carboxylic acids is 1. The van der Waals surface area contributed by atoms with Crippen molar-refractivity contribution in [3.8, 4) is 0 Å². The summed E-state index contributed by atoms with van der Waals surface area (Å²) in [5, 5.41) is 10.4. The summed E-state index contributed by atoms with van der Waals surface area (Å²) in [6.07, 6.45) is 10.8. The molecule has 3 fully saturated rings. The summed E-state index contributed by atoms with van der Waals surface area (Å²) >= 11 is 0. The molecule has 33 heavy (non-hydrogen) atoms. The van der Waals surface area contributed by atoms with Gasteiger partial charge in [0.15, 0.2) is 0 Å². The molecule has 0 aromatic carbocycles. The smallest absolute Gasteiger partial charge is 0.310 e. The fraction of sp³-hybridized carbons (Fsp3) is 0.862. The van der Waals surface area contributed by atoms with E-state index in [1.165, 1.54) is 25.7 Å². The van der Waals surface area contributed by atoms with Gasteiger partial charge in [0.1, 0.15) is 6.10 Å². The van der Waals surface area contributed by atoms with Gasteiger partial charge < -0.3 is 9.84 Å². The summed E-state index contributed by atoms with van der Waals surface area (Å²) in [7, 11) is 0. The third-order valence-electron chi connectivity index (χ3n) is 11.5. The zero-order valence-corrected chi connectivity index (χ0v) is 21.4. The highest BCUT2D eigenvalue weighted by atomic mass is 16.5. The third kappa shape index (κ3) is 3.44. The molecule has 4 heteroatoms. The van der Waals surface area contributed by atoms with Crippen molar-refractivity contribution in [3.63, 3.8) is 0 Å². The molecule has 1 N–H and O–H groups in total. The highest BCUT2D eigenvalue weighted by Crippen LogP contribution is 2.64. The first-order chi connectivity index (χ1) is 15.6. The maximum atomic E-state index is 12.6. The Labute approximate surface area is 199 Å². The van der Waals surface area contributed by atoms with E-state index in [0.717, 1.165) is 44.4 Å². The van der Waals surface area contributed by atoms with Crippen molar-refractivity contribution in [2.45, 2.75) is 105 Å². The van der Waals surface area contributed by atoms with E-state index >= 15 is 0 Å². The molecule has 0 aromatic heterocycles. The fourth-order valence-electron chi connectivity index (χ4n) is 9.73. The van der Waals surface area contributed by atoms with Crippen molar-refractivity contribution in [1.29, 1.82) is 0 Å². The van der Waals surface area contributed by atoms with E-state index in [1.54, 1.807) is 18.1 Å². The van der Waals surface area contributed by atoms with Crippen LogP contribution >= 0.6 is 0 Å². The third-order valence-corrected chi connectivity index (χ3v) is 11.5. The Morgan fingerprint density at radius 2 is 1.67 bits per heavy atom. The highest BCUT2D eigenvalue weighted by molar-refractivity contribution is 5.76. The molecule has 5 rings (SSSR count). The van der Waals surface area contributed by atoms with Gasteiger partial charge in [-0.1, -0.05) is 38.8 Å². The maximum Gasteiger partial charge on any atom is 0.310 e. The van der Waals surface area contributed by atoms with Gasteiger partial charge in [-0.2, -0.15) is 0 Å². The topological polar surface area (TPSA) is 63.6 Å². The molecule has 184 valence electrons. The predicted octanol–water partition coefficient (Wildman–Crippen LogP) is 6.63. The summed E-state index contributed by atoms with van der Waals surface area (Å²) in [5.74, 6) is 3.37. The van der Waals surface area contributed by atoms with E-state index in [-0.39, 0.29) is 23.4 Å². The van der Waals surface area contributed by atoms with E-state index < -0.39 is 11.4 Å². The van der Waals surface area contributed by atoms with Crippen LogP contribution in [0.4, 0.5) is 0 Å². The van der Waals surface area contributed by atoms with Crippen LogP contribution in [0, 0.1) is 52.3 Å². The number of hydrogen-bond donors (Lipinski definition) is 1. The van der Waals surface area contributed by atoms with Crippen molar-refractivity contribution in [3.05, 3.63) is 11.1 Å². The molecule has 3 saturated carbocycles. The SMILES string of the molecule is CC(=O)OC1CCC2C3CCC4=C(CCC5(C(=O)O)CCC(C)C(C)C45)C3CCC2C1(C)C. The minimum Gasteiger partial charge on any atom is -0.481 e. The maximum absolute atomic E-state index is 12.6.